The Labute approximate surface area is 97.6 Å². The summed E-state index contributed by atoms with van der Waals surface area (Å²) in [5, 5.41) is 2.58. The Morgan fingerprint density at radius 3 is 2.12 bits per heavy atom. The summed E-state index contributed by atoms with van der Waals surface area (Å²) >= 11 is 0. The molecule has 0 saturated heterocycles. The normalized spacial score (nSPS) is 13.5. The van der Waals surface area contributed by atoms with Gasteiger partial charge in [0.15, 0.2) is 17.5 Å². The molecule has 1 rings (SSSR count). The Balaban J connectivity index is 2.82. The fourth-order valence-corrected chi connectivity index (χ4v) is 2.41. The van der Waals surface area contributed by atoms with Crippen LogP contribution in [-0.2, 0) is 9.84 Å². The maximum absolute atomic E-state index is 12.9. The van der Waals surface area contributed by atoms with Crippen LogP contribution in [0.25, 0.3) is 0 Å². The largest absolute Gasteiger partial charge is 0.381 e. The summed E-state index contributed by atoms with van der Waals surface area (Å²) < 4.78 is 60.3. The first-order chi connectivity index (χ1) is 7.69. The Morgan fingerprint density at radius 2 is 1.71 bits per heavy atom. The van der Waals surface area contributed by atoms with Crippen molar-refractivity contribution in [2.75, 3.05) is 17.3 Å². The zero-order valence-electron chi connectivity index (χ0n) is 9.30. The lowest BCUT2D eigenvalue weighted by Gasteiger charge is -2.14. The van der Waals surface area contributed by atoms with E-state index < -0.39 is 33.3 Å². The second kappa shape index (κ2) is 4.95. The molecule has 0 radical (unpaired) electrons. The maximum atomic E-state index is 12.9. The van der Waals surface area contributed by atoms with E-state index in [0.29, 0.717) is 0 Å². The molecule has 96 valence electrons. The zero-order chi connectivity index (χ0) is 13.2. The van der Waals surface area contributed by atoms with E-state index in [2.05, 4.69) is 5.32 Å². The van der Waals surface area contributed by atoms with E-state index in [1.165, 1.54) is 0 Å². The van der Waals surface area contributed by atoms with Gasteiger partial charge in [-0.1, -0.05) is 0 Å². The van der Waals surface area contributed by atoms with E-state index in [1.54, 1.807) is 6.92 Å². The maximum Gasteiger partial charge on any atom is 0.194 e. The summed E-state index contributed by atoms with van der Waals surface area (Å²) in [5.41, 5.74) is -0.00227. The number of benzene rings is 1. The smallest absolute Gasteiger partial charge is 0.194 e. The fourth-order valence-electron chi connectivity index (χ4n) is 1.42. The van der Waals surface area contributed by atoms with Crippen LogP contribution in [-0.4, -0.2) is 26.5 Å². The molecule has 0 aliphatic heterocycles. The van der Waals surface area contributed by atoms with Gasteiger partial charge in [-0.3, -0.25) is 0 Å². The molecule has 0 aliphatic carbocycles. The van der Waals surface area contributed by atoms with Crippen molar-refractivity contribution in [2.45, 2.75) is 13.0 Å². The van der Waals surface area contributed by atoms with Crippen molar-refractivity contribution in [3.05, 3.63) is 29.6 Å². The lowest BCUT2D eigenvalue weighted by Crippen LogP contribution is -2.25. The van der Waals surface area contributed by atoms with Gasteiger partial charge in [0.25, 0.3) is 0 Å². The molecule has 1 unspecified atom stereocenters. The predicted octanol–water partition coefficient (Wildman–Crippen LogP) is 1.95. The van der Waals surface area contributed by atoms with E-state index in [4.69, 9.17) is 0 Å². The van der Waals surface area contributed by atoms with E-state index in [0.717, 1.165) is 18.4 Å². The van der Waals surface area contributed by atoms with Crippen LogP contribution < -0.4 is 5.32 Å². The molecule has 7 heteroatoms. The van der Waals surface area contributed by atoms with Crippen LogP contribution >= 0.6 is 0 Å². The van der Waals surface area contributed by atoms with Gasteiger partial charge in [0.2, 0.25) is 0 Å². The number of anilines is 1. The zero-order valence-corrected chi connectivity index (χ0v) is 10.1. The molecule has 1 N–H and O–H groups in total. The first kappa shape index (κ1) is 13.8. The molecule has 0 heterocycles. The van der Waals surface area contributed by atoms with Gasteiger partial charge in [-0.2, -0.15) is 0 Å². The Morgan fingerprint density at radius 1 is 1.24 bits per heavy atom. The number of nitrogens with one attached hydrogen (secondary N) is 1. The summed E-state index contributed by atoms with van der Waals surface area (Å²) in [6.07, 6.45) is 1.05. The molecule has 17 heavy (non-hydrogen) atoms. The molecule has 0 aliphatic rings. The quantitative estimate of drug-likeness (QED) is 0.848. The SMILES string of the molecule is CC(CS(C)(=O)=O)Nc1cc(F)c(F)c(F)c1. The molecular weight excluding hydrogens is 255 g/mol. The minimum atomic E-state index is -3.20. The molecule has 1 atom stereocenters. The highest BCUT2D eigenvalue weighted by Crippen LogP contribution is 2.18. The van der Waals surface area contributed by atoms with E-state index in [-0.39, 0.29) is 11.4 Å². The summed E-state index contributed by atoms with van der Waals surface area (Å²) in [5.74, 6) is -4.38. The Hall–Kier alpha value is -1.24. The van der Waals surface area contributed by atoms with Crippen LogP contribution in [0.5, 0.6) is 0 Å². The summed E-state index contributed by atoms with van der Waals surface area (Å²) in [4.78, 5) is 0. The predicted molar refractivity (Wildman–Crippen MR) is 59.1 cm³/mol. The molecule has 1 aromatic carbocycles. The fraction of sp³-hybridized carbons (Fsp3) is 0.400. The van der Waals surface area contributed by atoms with Crippen LogP contribution in [0.1, 0.15) is 6.92 Å². The number of hydrogen-bond acceptors (Lipinski definition) is 3. The second-order valence-electron chi connectivity index (χ2n) is 3.89. The molecule has 0 spiro atoms. The van der Waals surface area contributed by atoms with E-state index in [9.17, 15) is 21.6 Å². The van der Waals surface area contributed by atoms with Crippen molar-refractivity contribution in [1.29, 1.82) is 0 Å². The van der Waals surface area contributed by atoms with Gasteiger partial charge >= 0.3 is 0 Å². The first-order valence-corrected chi connectivity index (χ1v) is 6.84. The standard InChI is InChI=1S/C10H12F3NO2S/c1-6(5-17(2,15)16)14-7-3-8(11)10(13)9(12)4-7/h3-4,6,14H,5H2,1-2H3. The highest BCUT2D eigenvalue weighted by atomic mass is 32.2. The van der Waals surface area contributed by atoms with Crippen molar-refractivity contribution >= 4 is 15.5 Å². The minimum absolute atomic E-state index is 0.00227. The summed E-state index contributed by atoms with van der Waals surface area (Å²) in [7, 11) is -3.20. The Bertz CT molecular complexity index is 493. The third-order valence-electron chi connectivity index (χ3n) is 1.95. The third-order valence-corrected chi connectivity index (χ3v) is 3.06. The lowest BCUT2D eigenvalue weighted by atomic mass is 10.2. The molecule has 1 aromatic rings. The van der Waals surface area contributed by atoms with Gasteiger partial charge < -0.3 is 5.32 Å². The van der Waals surface area contributed by atoms with Gasteiger partial charge in [0, 0.05) is 30.1 Å². The molecule has 0 saturated carbocycles. The average Bonchev–Trinajstić information content (AvgIpc) is 2.10. The van der Waals surface area contributed by atoms with Gasteiger partial charge in [0.05, 0.1) is 5.75 Å². The monoisotopic (exact) mass is 267 g/mol. The molecule has 0 amide bonds. The van der Waals surface area contributed by atoms with Crippen LogP contribution in [0.2, 0.25) is 0 Å². The van der Waals surface area contributed by atoms with Crippen molar-refractivity contribution in [1.82, 2.24) is 0 Å². The van der Waals surface area contributed by atoms with Crippen LogP contribution in [0.4, 0.5) is 18.9 Å². The molecular formula is C10H12F3NO2S. The van der Waals surface area contributed by atoms with Crippen LogP contribution in [0, 0.1) is 17.5 Å². The van der Waals surface area contributed by atoms with Crippen molar-refractivity contribution in [3.8, 4) is 0 Å². The Kier molecular flexibility index (Phi) is 4.03. The van der Waals surface area contributed by atoms with Crippen molar-refractivity contribution < 1.29 is 21.6 Å². The number of halogens is 3. The summed E-state index contributed by atoms with van der Waals surface area (Å²) in [6, 6.07) is 1.02. The number of sulfone groups is 1. The highest BCUT2D eigenvalue weighted by Gasteiger charge is 2.14. The first-order valence-electron chi connectivity index (χ1n) is 4.78. The van der Waals surface area contributed by atoms with Crippen LogP contribution in [0.3, 0.4) is 0 Å². The van der Waals surface area contributed by atoms with Crippen molar-refractivity contribution in [2.24, 2.45) is 0 Å². The highest BCUT2D eigenvalue weighted by molar-refractivity contribution is 7.90. The lowest BCUT2D eigenvalue weighted by molar-refractivity contribution is 0.447. The van der Waals surface area contributed by atoms with Crippen LogP contribution in [0.15, 0.2) is 12.1 Å². The topological polar surface area (TPSA) is 46.2 Å². The number of hydrogen-bond donors (Lipinski definition) is 1. The molecule has 0 fully saturated rings. The van der Waals surface area contributed by atoms with Gasteiger partial charge in [0.1, 0.15) is 9.84 Å². The average molecular weight is 267 g/mol. The minimum Gasteiger partial charge on any atom is -0.381 e. The second-order valence-corrected chi connectivity index (χ2v) is 6.08. The van der Waals surface area contributed by atoms with Crippen molar-refractivity contribution in [3.63, 3.8) is 0 Å². The molecule has 0 bridgehead atoms. The summed E-state index contributed by atoms with van der Waals surface area (Å²) in [6.45, 7) is 1.54. The number of rotatable bonds is 4. The van der Waals surface area contributed by atoms with E-state index in [1.807, 2.05) is 0 Å². The third kappa shape index (κ3) is 4.26. The van der Waals surface area contributed by atoms with Gasteiger partial charge in [-0.05, 0) is 6.92 Å². The van der Waals surface area contributed by atoms with Gasteiger partial charge in [-0.25, -0.2) is 21.6 Å². The van der Waals surface area contributed by atoms with Gasteiger partial charge in [-0.15, -0.1) is 0 Å². The van der Waals surface area contributed by atoms with E-state index >= 15 is 0 Å². The molecule has 0 aromatic heterocycles. The molecule has 3 nitrogen and oxygen atoms in total.